The summed E-state index contributed by atoms with van der Waals surface area (Å²) < 4.78 is 0. The number of nitro groups is 1. The fourth-order valence-corrected chi connectivity index (χ4v) is 1.44. The molecule has 0 aliphatic rings. The molecule has 1 aromatic rings. The molecule has 0 aromatic heterocycles. The van der Waals surface area contributed by atoms with Crippen molar-refractivity contribution in [1.82, 2.24) is 4.90 Å². The Kier molecular flexibility index (Phi) is 3.49. The third kappa shape index (κ3) is 2.81. The minimum Gasteiger partial charge on any atom is -0.506 e. The normalized spacial score (nSPS) is 10.7. The minimum absolute atomic E-state index is 0.000972. The Morgan fingerprint density at radius 1 is 1.53 bits per heavy atom. The van der Waals surface area contributed by atoms with E-state index in [2.05, 4.69) is 0 Å². The number of hydrogen-bond acceptors (Lipinski definition) is 4. The number of nitro benzene ring substituents is 1. The van der Waals surface area contributed by atoms with Gasteiger partial charge in [0.05, 0.1) is 9.95 Å². The molecule has 0 amide bonds. The van der Waals surface area contributed by atoms with E-state index >= 15 is 0 Å². The van der Waals surface area contributed by atoms with Gasteiger partial charge in [0.1, 0.15) is 5.75 Å². The molecule has 0 aliphatic heterocycles. The first-order chi connectivity index (χ1) is 6.91. The molecule has 0 saturated heterocycles. The summed E-state index contributed by atoms with van der Waals surface area (Å²) in [6.07, 6.45) is 0. The molecule has 5 nitrogen and oxygen atoms in total. The molecule has 15 heavy (non-hydrogen) atoms. The number of aromatic hydroxyl groups is 1. The first-order valence-electron chi connectivity index (χ1n) is 4.22. The number of phenolic OH excluding ortho intramolecular Hbond substituents is 1. The maximum atomic E-state index is 10.6. The zero-order chi connectivity index (χ0) is 11.6. The molecule has 0 spiro atoms. The van der Waals surface area contributed by atoms with Crippen molar-refractivity contribution in [3.8, 4) is 5.75 Å². The van der Waals surface area contributed by atoms with Gasteiger partial charge < -0.3 is 10.0 Å². The van der Waals surface area contributed by atoms with Crippen molar-refractivity contribution in [2.45, 2.75) is 6.54 Å². The molecule has 1 N–H and O–H groups in total. The first kappa shape index (κ1) is 11.7. The fourth-order valence-electron chi connectivity index (χ4n) is 1.21. The summed E-state index contributed by atoms with van der Waals surface area (Å²) in [5.41, 5.74) is 0.328. The van der Waals surface area contributed by atoms with Crippen LogP contribution in [-0.2, 0) is 6.54 Å². The summed E-state index contributed by atoms with van der Waals surface area (Å²) in [6, 6.07) is 2.46. The van der Waals surface area contributed by atoms with Gasteiger partial charge in [-0.15, -0.1) is 0 Å². The Hall–Kier alpha value is -1.33. The van der Waals surface area contributed by atoms with Crippen molar-refractivity contribution in [3.05, 3.63) is 32.8 Å². The van der Waals surface area contributed by atoms with Crippen molar-refractivity contribution >= 4 is 17.3 Å². The lowest BCUT2D eigenvalue weighted by molar-refractivity contribution is -0.384. The molecule has 1 rings (SSSR count). The Labute approximate surface area is 92.0 Å². The minimum atomic E-state index is -0.537. The van der Waals surface area contributed by atoms with Crippen LogP contribution in [0.25, 0.3) is 0 Å². The SMILES string of the molecule is CN(C)Cc1cc([N+](=O)[O-])cc(Cl)c1O. The average Bonchev–Trinajstić information content (AvgIpc) is 2.11. The van der Waals surface area contributed by atoms with Gasteiger partial charge in [0.15, 0.2) is 0 Å². The van der Waals surface area contributed by atoms with E-state index in [0.29, 0.717) is 12.1 Å². The second-order valence-corrected chi connectivity index (χ2v) is 3.84. The Morgan fingerprint density at radius 2 is 2.13 bits per heavy atom. The van der Waals surface area contributed by atoms with E-state index in [9.17, 15) is 15.2 Å². The van der Waals surface area contributed by atoms with Crippen molar-refractivity contribution in [3.63, 3.8) is 0 Å². The van der Waals surface area contributed by atoms with Crippen molar-refractivity contribution in [1.29, 1.82) is 0 Å². The highest BCUT2D eigenvalue weighted by Gasteiger charge is 2.15. The van der Waals surface area contributed by atoms with Gasteiger partial charge in [0.25, 0.3) is 5.69 Å². The van der Waals surface area contributed by atoms with Gasteiger partial charge in [-0.3, -0.25) is 10.1 Å². The molecule has 0 fully saturated rings. The van der Waals surface area contributed by atoms with Crippen molar-refractivity contribution in [2.24, 2.45) is 0 Å². The first-order valence-corrected chi connectivity index (χ1v) is 4.60. The van der Waals surface area contributed by atoms with Crippen LogP contribution in [0.15, 0.2) is 12.1 Å². The maximum absolute atomic E-state index is 10.6. The van der Waals surface area contributed by atoms with Crippen molar-refractivity contribution in [2.75, 3.05) is 14.1 Å². The van der Waals surface area contributed by atoms with Gasteiger partial charge in [-0.25, -0.2) is 0 Å². The number of hydrogen-bond donors (Lipinski definition) is 1. The van der Waals surface area contributed by atoms with Gasteiger partial charge in [0.2, 0.25) is 0 Å². The van der Waals surface area contributed by atoms with Crippen molar-refractivity contribution < 1.29 is 10.0 Å². The predicted molar refractivity (Wildman–Crippen MR) is 57.2 cm³/mol. The van der Waals surface area contributed by atoms with Gasteiger partial charge in [0, 0.05) is 24.2 Å². The van der Waals surface area contributed by atoms with E-state index < -0.39 is 4.92 Å². The topological polar surface area (TPSA) is 66.6 Å². The highest BCUT2D eigenvalue weighted by Crippen LogP contribution is 2.32. The molecule has 0 unspecified atom stereocenters. The smallest absolute Gasteiger partial charge is 0.271 e. The summed E-state index contributed by atoms with van der Waals surface area (Å²) in [4.78, 5) is 11.8. The van der Waals surface area contributed by atoms with Gasteiger partial charge in [-0.05, 0) is 14.1 Å². The summed E-state index contributed by atoms with van der Waals surface area (Å²) in [7, 11) is 3.60. The monoisotopic (exact) mass is 230 g/mol. The zero-order valence-electron chi connectivity index (χ0n) is 8.40. The molecule has 0 saturated carbocycles. The second kappa shape index (κ2) is 4.46. The second-order valence-electron chi connectivity index (χ2n) is 3.43. The largest absolute Gasteiger partial charge is 0.506 e. The summed E-state index contributed by atoms with van der Waals surface area (Å²) in [5.74, 6) is -0.101. The molecule has 0 aliphatic carbocycles. The third-order valence-electron chi connectivity index (χ3n) is 1.82. The molecule has 0 radical (unpaired) electrons. The fraction of sp³-hybridized carbons (Fsp3) is 0.333. The molecular formula is C9H11ClN2O3. The van der Waals surface area contributed by atoms with Crippen LogP contribution in [-0.4, -0.2) is 29.0 Å². The van der Waals surface area contributed by atoms with Crippen LogP contribution >= 0.6 is 11.6 Å². The van der Waals surface area contributed by atoms with Crippen LogP contribution in [0, 0.1) is 10.1 Å². The maximum Gasteiger partial charge on any atom is 0.271 e. The summed E-state index contributed by atoms with van der Waals surface area (Å²) >= 11 is 5.67. The Bertz CT molecular complexity index is 393. The number of phenols is 1. The predicted octanol–water partition coefficient (Wildman–Crippen LogP) is 2.02. The van der Waals surface area contributed by atoms with Crippen LogP contribution in [0.1, 0.15) is 5.56 Å². The molecule has 6 heteroatoms. The number of rotatable bonds is 3. The van der Waals surface area contributed by atoms with E-state index in [4.69, 9.17) is 11.6 Å². The summed E-state index contributed by atoms with van der Waals surface area (Å²) in [5, 5.41) is 20.1. The molecule has 0 heterocycles. The lowest BCUT2D eigenvalue weighted by Gasteiger charge is -2.11. The average molecular weight is 231 g/mol. The van der Waals surface area contributed by atoms with Gasteiger partial charge in [-0.1, -0.05) is 11.6 Å². The lowest BCUT2D eigenvalue weighted by Crippen LogP contribution is -2.11. The third-order valence-corrected chi connectivity index (χ3v) is 2.11. The number of nitrogens with zero attached hydrogens (tertiary/aromatic N) is 2. The highest BCUT2D eigenvalue weighted by molar-refractivity contribution is 6.32. The van der Waals surface area contributed by atoms with Crippen LogP contribution in [0.2, 0.25) is 5.02 Å². The van der Waals surface area contributed by atoms with E-state index in [0.717, 1.165) is 6.07 Å². The zero-order valence-corrected chi connectivity index (χ0v) is 9.15. The van der Waals surface area contributed by atoms with Crippen LogP contribution < -0.4 is 0 Å². The Balaban J connectivity index is 3.19. The van der Waals surface area contributed by atoms with E-state index in [1.54, 1.807) is 19.0 Å². The summed E-state index contributed by atoms with van der Waals surface area (Å²) in [6.45, 7) is 0.396. The van der Waals surface area contributed by atoms with Gasteiger partial charge >= 0.3 is 0 Å². The van der Waals surface area contributed by atoms with Gasteiger partial charge in [-0.2, -0.15) is 0 Å². The standard InChI is InChI=1S/C9H11ClN2O3/c1-11(2)5-6-3-7(12(14)15)4-8(10)9(6)13/h3-4,13H,5H2,1-2H3. The van der Waals surface area contributed by atoms with Crippen LogP contribution in [0.5, 0.6) is 5.75 Å². The molecule has 82 valence electrons. The quantitative estimate of drug-likeness (QED) is 0.637. The van der Waals surface area contributed by atoms with E-state index in [-0.39, 0.29) is 16.5 Å². The highest BCUT2D eigenvalue weighted by atomic mass is 35.5. The molecular weight excluding hydrogens is 220 g/mol. The molecule has 0 atom stereocenters. The number of non-ortho nitro benzene ring substituents is 1. The number of benzene rings is 1. The van der Waals surface area contributed by atoms with Crippen LogP contribution in [0.4, 0.5) is 5.69 Å². The van der Waals surface area contributed by atoms with E-state index in [1.165, 1.54) is 6.07 Å². The van der Waals surface area contributed by atoms with E-state index in [1.807, 2.05) is 0 Å². The number of halogens is 1. The van der Waals surface area contributed by atoms with Crippen LogP contribution in [0.3, 0.4) is 0 Å². The Morgan fingerprint density at radius 3 is 2.60 bits per heavy atom. The lowest BCUT2D eigenvalue weighted by atomic mass is 10.1. The molecule has 0 bridgehead atoms. The molecule has 1 aromatic carbocycles.